The molecular formula is C26H23N3O5S2. The molecule has 1 N–H and O–H groups in total. The normalized spacial score (nSPS) is 18.7. The monoisotopic (exact) mass is 521 g/mol. The number of nitrogens with zero attached hydrogens (tertiary/aromatic N) is 2. The standard InChI is InChI=1S/C26H23N3O5S2/c1-2-33-24(31)18-15-36-26(27-18)28-20-22(30)29-19(13-14-35-23(20)29)25(32)34-21(16-9-5-3-6-10-16)17-11-7-4-8-12-17/h3-13,15,20-21,23H,2,14H2,1H3,(H,27,28). The summed E-state index contributed by atoms with van der Waals surface area (Å²) >= 11 is 2.77. The van der Waals surface area contributed by atoms with Crippen LogP contribution in [-0.2, 0) is 19.1 Å². The van der Waals surface area contributed by atoms with Gasteiger partial charge in [-0.25, -0.2) is 14.6 Å². The number of benzene rings is 2. The van der Waals surface area contributed by atoms with Crippen molar-refractivity contribution in [3.63, 3.8) is 0 Å². The maximum absolute atomic E-state index is 13.3. The molecule has 1 amide bonds. The van der Waals surface area contributed by atoms with Crippen LogP contribution >= 0.6 is 23.1 Å². The fraction of sp³-hybridized carbons (Fsp3) is 0.231. The molecule has 2 aliphatic rings. The Balaban J connectivity index is 1.30. The third-order valence-electron chi connectivity index (χ3n) is 5.75. The van der Waals surface area contributed by atoms with E-state index < -0.39 is 24.1 Å². The molecule has 2 aliphatic heterocycles. The zero-order valence-corrected chi connectivity index (χ0v) is 21.0. The molecule has 3 aromatic rings. The Labute approximate surface area is 216 Å². The minimum Gasteiger partial charge on any atom is -0.461 e. The highest BCUT2D eigenvalue weighted by molar-refractivity contribution is 8.00. The van der Waals surface area contributed by atoms with E-state index in [0.29, 0.717) is 10.9 Å². The van der Waals surface area contributed by atoms with Crippen LogP contribution in [-0.4, -0.2) is 51.5 Å². The fourth-order valence-corrected chi connectivity index (χ4v) is 5.97. The molecule has 2 aromatic carbocycles. The summed E-state index contributed by atoms with van der Waals surface area (Å²) in [6.45, 7) is 1.98. The molecule has 0 spiro atoms. The Bertz CT molecular complexity index is 1260. The number of rotatable bonds is 8. The maximum Gasteiger partial charge on any atom is 0.357 e. The summed E-state index contributed by atoms with van der Waals surface area (Å²) in [4.78, 5) is 44.0. The molecule has 1 fully saturated rings. The van der Waals surface area contributed by atoms with Crippen LogP contribution in [0.1, 0.15) is 34.6 Å². The number of amides is 1. The smallest absolute Gasteiger partial charge is 0.357 e. The molecule has 36 heavy (non-hydrogen) atoms. The first-order valence-electron chi connectivity index (χ1n) is 11.4. The molecule has 0 aliphatic carbocycles. The zero-order valence-electron chi connectivity index (χ0n) is 19.3. The van der Waals surface area contributed by atoms with E-state index in [9.17, 15) is 14.4 Å². The first-order valence-corrected chi connectivity index (χ1v) is 13.3. The van der Waals surface area contributed by atoms with E-state index in [1.807, 2.05) is 60.7 Å². The van der Waals surface area contributed by atoms with Gasteiger partial charge in [-0.05, 0) is 24.1 Å². The van der Waals surface area contributed by atoms with Gasteiger partial charge in [-0.15, -0.1) is 23.1 Å². The summed E-state index contributed by atoms with van der Waals surface area (Å²) in [6, 6.07) is 18.5. The first-order chi connectivity index (χ1) is 17.6. The number of thiazole rings is 1. The minimum absolute atomic E-state index is 0.196. The number of fused-ring (bicyclic) bond motifs is 1. The van der Waals surface area contributed by atoms with Crippen molar-refractivity contribution in [1.29, 1.82) is 0 Å². The largest absolute Gasteiger partial charge is 0.461 e. The number of esters is 2. The Morgan fingerprint density at radius 3 is 2.39 bits per heavy atom. The van der Waals surface area contributed by atoms with Crippen LogP contribution in [0.5, 0.6) is 0 Å². The van der Waals surface area contributed by atoms with Gasteiger partial charge in [-0.1, -0.05) is 60.7 Å². The van der Waals surface area contributed by atoms with E-state index >= 15 is 0 Å². The summed E-state index contributed by atoms with van der Waals surface area (Å²) in [5.41, 5.74) is 2.12. The van der Waals surface area contributed by atoms with Crippen molar-refractivity contribution in [2.24, 2.45) is 0 Å². The molecule has 0 radical (unpaired) electrons. The van der Waals surface area contributed by atoms with Gasteiger partial charge in [0.1, 0.15) is 17.1 Å². The topological polar surface area (TPSA) is 97.8 Å². The highest BCUT2D eigenvalue weighted by Gasteiger charge is 2.53. The summed E-state index contributed by atoms with van der Waals surface area (Å²) in [5.74, 6) is -0.748. The molecule has 8 nitrogen and oxygen atoms in total. The Morgan fingerprint density at radius 1 is 1.08 bits per heavy atom. The van der Waals surface area contributed by atoms with Crippen molar-refractivity contribution in [2.45, 2.75) is 24.4 Å². The lowest BCUT2D eigenvalue weighted by Crippen LogP contribution is -2.67. The van der Waals surface area contributed by atoms with Crippen molar-refractivity contribution in [1.82, 2.24) is 9.88 Å². The van der Waals surface area contributed by atoms with Gasteiger partial charge in [-0.2, -0.15) is 0 Å². The quantitative estimate of drug-likeness (QED) is 0.347. The number of hydrogen-bond acceptors (Lipinski definition) is 9. The van der Waals surface area contributed by atoms with E-state index in [2.05, 4.69) is 10.3 Å². The molecule has 2 unspecified atom stereocenters. The van der Waals surface area contributed by atoms with Crippen LogP contribution < -0.4 is 5.32 Å². The molecule has 10 heteroatoms. The maximum atomic E-state index is 13.3. The molecule has 184 valence electrons. The van der Waals surface area contributed by atoms with Crippen LogP contribution in [0.4, 0.5) is 5.13 Å². The van der Waals surface area contributed by atoms with Gasteiger partial charge in [0, 0.05) is 11.1 Å². The van der Waals surface area contributed by atoms with E-state index in [0.717, 1.165) is 11.1 Å². The van der Waals surface area contributed by atoms with Crippen molar-refractivity contribution in [2.75, 3.05) is 17.7 Å². The van der Waals surface area contributed by atoms with E-state index in [1.54, 1.807) is 30.1 Å². The molecule has 5 rings (SSSR count). The second kappa shape index (κ2) is 10.5. The average molecular weight is 522 g/mol. The molecule has 1 aromatic heterocycles. The van der Waals surface area contributed by atoms with Gasteiger partial charge in [0.2, 0.25) is 0 Å². The molecule has 3 heterocycles. The number of hydrogen-bond donors (Lipinski definition) is 1. The van der Waals surface area contributed by atoms with Gasteiger partial charge in [0.05, 0.1) is 6.61 Å². The first kappa shape index (κ1) is 24.1. The van der Waals surface area contributed by atoms with Crippen molar-refractivity contribution in [3.8, 4) is 0 Å². The van der Waals surface area contributed by atoms with Gasteiger partial charge in [0.25, 0.3) is 5.91 Å². The predicted octanol–water partition coefficient (Wildman–Crippen LogP) is 4.23. The van der Waals surface area contributed by atoms with Crippen LogP contribution in [0, 0.1) is 0 Å². The number of thioether (sulfide) groups is 1. The number of nitrogens with one attached hydrogen (secondary N) is 1. The lowest BCUT2D eigenvalue weighted by molar-refractivity contribution is -0.152. The molecule has 0 bridgehead atoms. The van der Waals surface area contributed by atoms with Crippen molar-refractivity contribution >= 4 is 46.1 Å². The lowest BCUT2D eigenvalue weighted by Gasteiger charge is -2.48. The number of carbonyl (C=O) groups is 3. The average Bonchev–Trinajstić information content (AvgIpc) is 3.40. The SMILES string of the molecule is CCOC(=O)c1csc(NC2C(=O)N3C(C(=O)OC(c4ccccc4)c4ccccc4)=CCSC23)n1. The zero-order chi connectivity index (χ0) is 25.1. The molecule has 2 atom stereocenters. The predicted molar refractivity (Wildman–Crippen MR) is 137 cm³/mol. The van der Waals surface area contributed by atoms with Crippen LogP contribution in [0.15, 0.2) is 77.8 Å². The fourth-order valence-electron chi connectivity index (χ4n) is 4.05. The number of aromatic nitrogens is 1. The summed E-state index contributed by atoms with van der Waals surface area (Å²) in [5, 5.41) is 4.86. The summed E-state index contributed by atoms with van der Waals surface area (Å²) in [7, 11) is 0. The van der Waals surface area contributed by atoms with Gasteiger partial charge in [-0.3, -0.25) is 9.69 Å². The third-order valence-corrected chi connectivity index (χ3v) is 7.71. The second-order valence-corrected chi connectivity index (χ2v) is 10.0. The molecule has 1 saturated heterocycles. The second-order valence-electron chi connectivity index (χ2n) is 8.01. The van der Waals surface area contributed by atoms with Gasteiger partial charge < -0.3 is 14.8 Å². The summed E-state index contributed by atoms with van der Waals surface area (Å²) < 4.78 is 10.9. The highest BCUT2D eigenvalue weighted by Crippen LogP contribution is 2.40. The summed E-state index contributed by atoms with van der Waals surface area (Å²) in [6.07, 6.45) is 1.13. The number of ether oxygens (including phenoxy) is 2. The third kappa shape index (κ3) is 4.74. The molecule has 0 saturated carbocycles. The Kier molecular flexibility index (Phi) is 7.06. The number of anilines is 1. The van der Waals surface area contributed by atoms with Crippen LogP contribution in [0.25, 0.3) is 0 Å². The van der Waals surface area contributed by atoms with Crippen molar-refractivity contribution in [3.05, 3.63) is 94.6 Å². The van der Waals surface area contributed by atoms with E-state index in [1.165, 1.54) is 16.2 Å². The Morgan fingerprint density at radius 2 is 1.75 bits per heavy atom. The number of carbonyl (C=O) groups excluding carboxylic acids is 3. The van der Waals surface area contributed by atoms with Gasteiger partial charge >= 0.3 is 11.9 Å². The molecular weight excluding hydrogens is 498 g/mol. The van der Waals surface area contributed by atoms with E-state index in [4.69, 9.17) is 9.47 Å². The minimum atomic E-state index is -0.601. The number of β-lactam (4-membered cyclic amide) rings is 1. The van der Waals surface area contributed by atoms with Crippen LogP contribution in [0.3, 0.4) is 0 Å². The van der Waals surface area contributed by atoms with Crippen LogP contribution in [0.2, 0.25) is 0 Å². The lowest BCUT2D eigenvalue weighted by atomic mass is 10.0. The Hall–Kier alpha value is -3.63. The highest BCUT2D eigenvalue weighted by atomic mass is 32.2. The van der Waals surface area contributed by atoms with Gasteiger partial charge in [0.15, 0.2) is 16.9 Å². The van der Waals surface area contributed by atoms with Crippen molar-refractivity contribution < 1.29 is 23.9 Å². The van der Waals surface area contributed by atoms with E-state index in [-0.39, 0.29) is 29.3 Å².